The highest BCUT2D eigenvalue weighted by Crippen LogP contribution is 2.36. The predicted octanol–water partition coefficient (Wildman–Crippen LogP) is 3.88. The van der Waals surface area contributed by atoms with Gasteiger partial charge in [0, 0.05) is 22.7 Å². The molecule has 0 aliphatic carbocycles. The highest BCUT2D eigenvalue weighted by atomic mass is 35.5. The summed E-state index contributed by atoms with van der Waals surface area (Å²) >= 11 is 12.2. The van der Waals surface area contributed by atoms with E-state index >= 15 is 0 Å². The molecule has 0 heterocycles. The minimum Gasteiger partial charge on any atom is -0.381 e. The van der Waals surface area contributed by atoms with Crippen LogP contribution in [0.15, 0.2) is 48.5 Å². The first-order valence-electron chi connectivity index (χ1n) is 5.80. The number of rotatable bonds is 4. The average molecular weight is 297 g/mol. The topological polar surface area (TPSA) is 29.5 Å². The molecule has 0 bridgehead atoms. The van der Waals surface area contributed by atoms with Crippen molar-refractivity contribution < 1.29 is 9.84 Å². The fourth-order valence-corrected chi connectivity index (χ4v) is 2.50. The van der Waals surface area contributed by atoms with Crippen molar-refractivity contribution in [1.82, 2.24) is 0 Å². The second-order valence-electron chi connectivity index (χ2n) is 4.28. The molecule has 0 radical (unpaired) electrons. The molecule has 0 aliphatic rings. The van der Waals surface area contributed by atoms with E-state index < -0.39 is 5.60 Å². The first-order valence-corrected chi connectivity index (χ1v) is 6.56. The Labute approximate surface area is 122 Å². The van der Waals surface area contributed by atoms with Crippen molar-refractivity contribution in [2.24, 2.45) is 0 Å². The van der Waals surface area contributed by atoms with Gasteiger partial charge in [0.25, 0.3) is 0 Å². The lowest BCUT2D eigenvalue weighted by Crippen LogP contribution is -2.33. The third kappa shape index (κ3) is 2.93. The maximum absolute atomic E-state index is 11.0. The average Bonchev–Trinajstić information content (AvgIpc) is 2.42. The molecule has 1 N–H and O–H groups in total. The van der Waals surface area contributed by atoms with Crippen molar-refractivity contribution in [2.45, 2.75) is 5.60 Å². The number of hydrogen-bond donors (Lipinski definition) is 1. The minimum absolute atomic E-state index is 0.0943. The number of halogens is 2. The Morgan fingerprint density at radius 2 is 1.79 bits per heavy atom. The van der Waals surface area contributed by atoms with Crippen LogP contribution in [-0.2, 0) is 10.3 Å². The Morgan fingerprint density at radius 1 is 1.11 bits per heavy atom. The summed E-state index contributed by atoms with van der Waals surface area (Å²) < 4.78 is 5.16. The third-order valence-electron chi connectivity index (χ3n) is 2.98. The lowest BCUT2D eigenvalue weighted by Gasteiger charge is -2.29. The zero-order chi connectivity index (χ0) is 13.9. The molecular formula is C15H14Cl2O2. The molecule has 0 amide bonds. The van der Waals surface area contributed by atoms with Crippen molar-refractivity contribution in [1.29, 1.82) is 0 Å². The molecule has 0 fully saturated rings. The van der Waals surface area contributed by atoms with Gasteiger partial charge in [-0.25, -0.2) is 0 Å². The highest BCUT2D eigenvalue weighted by molar-refractivity contribution is 6.33. The molecule has 2 rings (SSSR count). The van der Waals surface area contributed by atoms with Crippen molar-refractivity contribution >= 4 is 23.2 Å². The molecule has 100 valence electrons. The van der Waals surface area contributed by atoms with Crippen LogP contribution in [0.3, 0.4) is 0 Å². The van der Waals surface area contributed by atoms with Crippen LogP contribution in [0.1, 0.15) is 11.1 Å². The maximum atomic E-state index is 11.0. The minimum atomic E-state index is -1.32. The van der Waals surface area contributed by atoms with Crippen LogP contribution in [0.25, 0.3) is 0 Å². The molecule has 1 atom stereocenters. The number of hydrogen-bond acceptors (Lipinski definition) is 2. The summed E-state index contributed by atoms with van der Waals surface area (Å²) in [6, 6.07) is 14.3. The van der Waals surface area contributed by atoms with Gasteiger partial charge in [0.05, 0.1) is 6.61 Å². The number of methoxy groups -OCH3 is 1. The second-order valence-corrected chi connectivity index (χ2v) is 5.13. The molecule has 19 heavy (non-hydrogen) atoms. The van der Waals surface area contributed by atoms with Gasteiger partial charge in [-0.05, 0) is 23.8 Å². The molecule has 1 unspecified atom stereocenters. The third-order valence-corrected chi connectivity index (χ3v) is 3.54. The fraction of sp³-hybridized carbons (Fsp3) is 0.200. The molecule has 2 nitrogen and oxygen atoms in total. The molecular weight excluding hydrogens is 283 g/mol. The second kappa shape index (κ2) is 5.93. The standard InChI is InChI=1S/C15H14Cl2O2/c1-19-10-15(18,11-5-3-2-4-6-11)13-9-12(16)7-8-14(13)17/h2-9,18H,10H2,1H3. The van der Waals surface area contributed by atoms with E-state index in [1.54, 1.807) is 18.2 Å². The summed E-state index contributed by atoms with van der Waals surface area (Å²) in [4.78, 5) is 0. The fourth-order valence-electron chi connectivity index (χ4n) is 2.05. The van der Waals surface area contributed by atoms with E-state index in [-0.39, 0.29) is 6.61 Å². The van der Waals surface area contributed by atoms with Crippen molar-refractivity contribution in [3.05, 3.63) is 69.7 Å². The SMILES string of the molecule is COCC(O)(c1ccccc1)c1cc(Cl)ccc1Cl. The summed E-state index contributed by atoms with van der Waals surface area (Å²) in [5, 5.41) is 12.0. The molecule has 0 saturated carbocycles. The quantitative estimate of drug-likeness (QED) is 0.928. The van der Waals surface area contributed by atoms with Gasteiger partial charge in [0.1, 0.15) is 5.60 Å². The number of benzene rings is 2. The summed E-state index contributed by atoms with van der Waals surface area (Å²) in [6.45, 7) is 0.0943. The van der Waals surface area contributed by atoms with E-state index in [9.17, 15) is 5.11 Å². The Hall–Kier alpha value is -1.06. The smallest absolute Gasteiger partial charge is 0.139 e. The predicted molar refractivity (Wildman–Crippen MR) is 77.8 cm³/mol. The Bertz CT molecular complexity index is 557. The van der Waals surface area contributed by atoms with E-state index in [1.807, 2.05) is 30.3 Å². The van der Waals surface area contributed by atoms with Gasteiger partial charge >= 0.3 is 0 Å². The molecule has 2 aromatic rings. The van der Waals surface area contributed by atoms with Gasteiger partial charge in [-0.1, -0.05) is 53.5 Å². The van der Waals surface area contributed by atoms with Crippen LogP contribution in [0, 0.1) is 0 Å². The molecule has 0 spiro atoms. The van der Waals surface area contributed by atoms with Crippen LogP contribution in [-0.4, -0.2) is 18.8 Å². The normalized spacial score (nSPS) is 14.1. The molecule has 2 aromatic carbocycles. The Morgan fingerprint density at radius 3 is 2.42 bits per heavy atom. The molecule has 0 saturated heterocycles. The Kier molecular flexibility index (Phi) is 4.48. The summed E-state index contributed by atoms with van der Waals surface area (Å²) in [7, 11) is 1.53. The molecule has 4 heteroatoms. The largest absolute Gasteiger partial charge is 0.381 e. The van der Waals surface area contributed by atoms with Crippen LogP contribution in [0.2, 0.25) is 10.0 Å². The van der Waals surface area contributed by atoms with Crippen LogP contribution >= 0.6 is 23.2 Å². The van der Waals surface area contributed by atoms with E-state index in [2.05, 4.69) is 0 Å². The van der Waals surface area contributed by atoms with E-state index in [0.717, 1.165) is 0 Å². The van der Waals surface area contributed by atoms with Crippen molar-refractivity contribution in [2.75, 3.05) is 13.7 Å². The van der Waals surface area contributed by atoms with Gasteiger partial charge in [0.15, 0.2) is 0 Å². The first-order chi connectivity index (χ1) is 9.08. The van der Waals surface area contributed by atoms with Crippen molar-refractivity contribution in [3.63, 3.8) is 0 Å². The zero-order valence-corrected chi connectivity index (χ0v) is 11.9. The van der Waals surface area contributed by atoms with Gasteiger partial charge in [-0.3, -0.25) is 0 Å². The summed E-state index contributed by atoms with van der Waals surface area (Å²) in [6.07, 6.45) is 0. The zero-order valence-electron chi connectivity index (χ0n) is 10.4. The lowest BCUT2D eigenvalue weighted by atomic mass is 9.87. The number of ether oxygens (including phenoxy) is 1. The summed E-state index contributed by atoms with van der Waals surface area (Å²) in [5.41, 5.74) is -0.0754. The molecule has 0 aromatic heterocycles. The Balaban J connectivity index is 2.59. The maximum Gasteiger partial charge on any atom is 0.139 e. The van der Waals surface area contributed by atoms with Gasteiger partial charge in [-0.15, -0.1) is 0 Å². The van der Waals surface area contributed by atoms with E-state index in [4.69, 9.17) is 27.9 Å². The van der Waals surface area contributed by atoms with E-state index in [0.29, 0.717) is 21.2 Å². The van der Waals surface area contributed by atoms with Gasteiger partial charge < -0.3 is 9.84 Å². The monoisotopic (exact) mass is 296 g/mol. The van der Waals surface area contributed by atoms with Crippen LogP contribution in [0.5, 0.6) is 0 Å². The van der Waals surface area contributed by atoms with Gasteiger partial charge in [-0.2, -0.15) is 0 Å². The highest BCUT2D eigenvalue weighted by Gasteiger charge is 2.33. The lowest BCUT2D eigenvalue weighted by molar-refractivity contribution is -0.00319. The summed E-state index contributed by atoms with van der Waals surface area (Å²) in [5.74, 6) is 0. The number of aliphatic hydroxyl groups is 1. The van der Waals surface area contributed by atoms with Crippen LogP contribution in [0.4, 0.5) is 0 Å². The van der Waals surface area contributed by atoms with Crippen LogP contribution < -0.4 is 0 Å². The molecule has 0 aliphatic heterocycles. The van der Waals surface area contributed by atoms with E-state index in [1.165, 1.54) is 7.11 Å². The first kappa shape index (κ1) is 14.4. The van der Waals surface area contributed by atoms with Crippen molar-refractivity contribution in [3.8, 4) is 0 Å². The van der Waals surface area contributed by atoms with Gasteiger partial charge in [0.2, 0.25) is 0 Å².